The summed E-state index contributed by atoms with van der Waals surface area (Å²) in [4.78, 5) is 28.3. The van der Waals surface area contributed by atoms with Gasteiger partial charge in [-0.05, 0) is 71.3 Å². The lowest BCUT2D eigenvalue weighted by atomic mass is 9.86. The van der Waals surface area contributed by atoms with Crippen molar-refractivity contribution in [2.45, 2.75) is 83.3 Å². The topological polar surface area (TPSA) is 79.3 Å². The number of benzene rings is 1. The van der Waals surface area contributed by atoms with Crippen LogP contribution in [0.3, 0.4) is 0 Å². The molecule has 1 atom stereocenters. The molecule has 2 amide bonds. The zero-order chi connectivity index (χ0) is 22.9. The Labute approximate surface area is 190 Å². The number of aliphatic hydroxyl groups excluding tert-OH is 1. The van der Waals surface area contributed by atoms with Gasteiger partial charge in [-0.15, -0.1) is 0 Å². The fraction of sp³-hybridized carbons (Fsp3) is 0.680. The first-order chi connectivity index (χ1) is 15.2. The first-order valence-corrected chi connectivity index (χ1v) is 11.9. The molecule has 7 heteroatoms. The van der Waals surface area contributed by atoms with Crippen molar-refractivity contribution in [1.82, 2.24) is 9.80 Å². The highest BCUT2D eigenvalue weighted by Crippen LogP contribution is 2.35. The normalized spacial score (nSPS) is 26.9. The Bertz CT molecular complexity index is 820. The van der Waals surface area contributed by atoms with E-state index in [0.29, 0.717) is 36.7 Å². The van der Waals surface area contributed by atoms with Gasteiger partial charge in [-0.3, -0.25) is 4.79 Å². The van der Waals surface area contributed by atoms with Gasteiger partial charge in [-0.1, -0.05) is 18.2 Å². The molecule has 1 N–H and O–H groups in total. The minimum absolute atomic E-state index is 0.0665. The average Bonchev–Trinajstić information content (AvgIpc) is 2.99. The lowest BCUT2D eigenvalue weighted by Crippen LogP contribution is -2.44. The van der Waals surface area contributed by atoms with Crippen LogP contribution in [0.4, 0.5) is 4.79 Å². The Morgan fingerprint density at radius 3 is 2.28 bits per heavy atom. The van der Waals surface area contributed by atoms with Crippen LogP contribution < -0.4 is 0 Å². The van der Waals surface area contributed by atoms with Crippen LogP contribution in [0.2, 0.25) is 0 Å². The molecule has 2 aliphatic heterocycles. The third kappa shape index (κ3) is 5.26. The van der Waals surface area contributed by atoms with E-state index in [1.54, 1.807) is 15.9 Å². The molecule has 1 unspecified atom stereocenters. The van der Waals surface area contributed by atoms with Crippen LogP contribution in [0.25, 0.3) is 0 Å². The highest BCUT2D eigenvalue weighted by molar-refractivity contribution is 5.98. The maximum atomic E-state index is 12.7. The molecule has 2 heterocycles. The quantitative estimate of drug-likeness (QED) is 0.756. The molecular formula is C25H36N2O5. The molecule has 7 nitrogen and oxygen atoms in total. The van der Waals surface area contributed by atoms with Gasteiger partial charge in [0.1, 0.15) is 5.60 Å². The van der Waals surface area contributed by atoms with Crippen molar-refractivity contribution >= 4 is 12.0 Å². The Hall–Kier alpha value is -2.12. The van der Waals surface area contributed by atoms with Crippen molar-refractivity contribution in [2.24, 2.45) is 5.92 Å². The smallest absolute Gasteiger partial charge is 0.410 e. The van der Waals surface area contributed by atoms with E-state index in [-0.39, 0.29) is 24.2 Å². The summed E-state index contributed by atoms with van der Waals surface area (Å²) in [5.74, 6) is 0.319. The largest absolute Gasteiger partial charge is 0.444 e. The molecule has 0 bridgehead atoms. The molecule has 3 aliphatic rings. The number of likely N-dealkylation sites (tertiary alicyclic amines) is 1. The molecular weight excluding hydrogens is 408 g/mol. The Morgan fingerprint density at radius 2 is 1.66 bits per heavy atom. The Kier molecular flexibility index (Phi) is 6.77. The van der Waals surface area contributed by atoms with Crippen molar-refractivity contribution in [3.63, 3.8) is 0 Å². The Morgan fingerprint density at radius 1 is 1.03 bits per heavy atom. The van der Waals surface area contributed by atoms with Crippen LogP contribution >= 0.6 is 0 Å². The molecule has 1 saturated carbocycles. The van der Waals surface area contributed by atoms with Crippen molar-refractivity contribution in [3.05, 3.63) is 35.4 Å². The van der Waals surface area contributed by atoms with Crippen LogP contribution in [0.1, 0.15) is 81.4 Å². The molecule has 0 radical (unpaired) electrons. The third-order valence-electron chi connectivity index (χ3n) is 6.75. The number of aliphatic hydroxyl groups is 1. The minimum atomic E-state index is -0.831. The van der Waals surface area contributed by atoms with Gasteiger partial charge >= 0.3 is 6.09 Å². The van der Waals surface area contributed by atoms with E-state index in [0.717, 1.165) is 38.5 Å². The van der Waals surface area contributed by atoms with Gasteiger partial charge in [-0.2, -0.15) is 0 Å². The first kappa shape index (κ1) is 23.1. The summed E-state index contributed by atoms with van der Waals surface area (Å²) in [5.41, 5.74) is 0.865. The van der Waals surface area contributed by atoms with Crippen molar-refractivity contribution in [3.8, 4) is 0 Å². The van der Waals surface area contributed by atoms with Crippen LogP contribution in [0, 0.1) is 5.92 Å². The molecule has 0 aromatic heterocycles. The number of hydrogen-bond donors (Lipinski definition) is 1. The summed E-state index contributed by atoms with van der Waals surface area (Å²) in [6, 6.07) is 7.32. The molecule has 1 saturated heterocycles. The summed E-state index contributed by atoms with van der Waals surface area (Å²) in [5, 5.41) is 10.6. The summed E-state index contributed by atoms with van der Waals surface area (Å²) < 4.78 is 11.8. The number of piperidine rings is 1. The van der Waals surface area contributed by atoms with E-state index in [1.165, 1.54) is 0 Å². The molecule has 1 aromatic carbocycles. The predicted molar refractivity (Wildman–Crippen MR) is 120 cm³/mol. The number of amides is 2. The molecule has 176 valence electrons. The SMILES string of the molecule is CC(C)(C)OC(=O)N1CCC(O[C@H]2CC[C@H](CN3C(=O)c4ccccc4C3O)CC2)CC1. The Balaban J connectivity index is 1.19. The summed E-state index contributed by atoms with van der Waals surface area (Å²) in [6.07, 6.45) is 4.97. The monoisotopic (exact) mass is 444 g/mol. The van der Waals surface area contributed by atoms with Gasteiger partial charge in [0.15, 0.2) is 6.23 Å². The summed E-state index contributed by atoms with van der Waals surface area (Å²) in [7, 11) is 0. The highest BCUT2D eigenvalue weighted by Gasteiger charge is 2.37. The van der Waals surface area contributed by atoms with Gasteiger partial charge < -0.3 is 24.4 Å². The fourth-order valence-corrected chi connectivity index (χ4v) is 5.04. The summed E-state index contributed by atoms with van der Waals surface area (Å²) in [6.45, 7) is 7.59. The standard InChI is InChI=1S/C25H36N2O5/c1-25(2,3)32-24(30)26-14-12-19(13-15-26)31-18-10-8-17(9-11-18)16-27-22(28)20-6-4-5-7-21(20)23(27)29/h4-7,17-19,22,28H,8-16H2,1-3H3/t17-,18-,22?. The van der Waals surface area contributed by atoms with E-state index in [4.69, 9.17) is 9.47 Å². The number of nitrogens with zero attached hydrogens (tertiary/aromatic N) is 2. The van der Waals surface area contributed by atoms with Crippen molar-refractivity contribution < 1.29 is 24.2 Å². The molecule has 2 fully saturated rings. The lowest BCUT2D eigenvalue weighted by Gasteiger charge is -2.37. The van der Waals surface area contributed by atoms with Gasteiger partial charge in [0.2, 0.25) is 0 Å². The van der Waals surface area contributed by atoms with Gasteiger partial charge in [-0.25, -0.2) is 4.79 Å². The van der Waals surface area contributed by atoms with Gasteiger partial charge in [0.05, 0.1) is 12.2 Å². The number of rotatable bonds is 4. The van der Waals surface area contributed by atoms with E-state index in [1.807, 2.05) is 39.0 Å². The number of carbonyl (C=O) groups excluding carboxylic acids is 2. The van der Waals surface area contributed by atoms with Crippen LogP contribution in [0.5, 0.6) is 0 Å². The van der Waals surface area contributed by atoms with Crippen LogP contribution in [-0.2, 0) is 9.47 Å². The van der Waals surface area contributed by atoms with Gasteiger partial charge in [0.25, 0.3) is 5.91 Å². The third-order valence-corrected chi connectivity index (χ3v) is 6.75. The zero-order valence-electron chi connectivity index (χ0n) is 19.5. The average molecular weight is 445 g/mol. The van der Waals surface area contributed by atoms with Crippen LogP contribution in [0.15, 0.2) is 24.3 Å². The second kappa shape index (κ2) is 9.40. The molecule has 1 aromatic rings. The van der Waals surface area contributed by atoms with Crippen LogP contribution in [-0.4, -0.2) is 64.4 Å². The second-order valence-electron chi connectivity index (χ2n) is 10.4. The predicted octanol–water partition coefficient (Wildman–Crippen LogP) is 4.11. The van der Waals surface area contributed by atoms with E-state index >= 15 is 0 Å². The number of ether oxygens (including phenoxy) is 2. The number of hydrogen-bond acceptors (Lipinski definition) is 5. The van der Waals surface area contributed by atoms with E-state index in [2.05, 4.69) is 0 Å². The van der Waals surface area contributed by atoms with Gasteiger partial charge in [0, 0.05) is 30.8 Å². The van der Waals surface area contributed by atoms with Crippen molar-refractivity contribution in [2.75, 3.05) is 19.6 Å². The second-order valence-corrected chi connectivity index (χ2v) is 10.4. The van der Waals surface area contributed by atoms with Crippen molar-refractivity contribution in [1.29, 1.82) is 0 Å². The molecule has 1 aliphatic carbocycles. The highest BCUT2D eigenvalue weighted by atomic mass is 16.6. The minimum Gasteiger partial charge on any atom is -0.444 e. The maximum absolute atomic E-state index is 12.7. The van der Waals surface area contributed by atoms with E-state index in [9.17, 15) is 14.7 Å². The molecule has 32 heavy (non-hydrogen) atoms. The lowest BCUT2D eigenvalue weighted by molar-refractivity contribution is -0.0653. The number of fused-ring (bicyclic) bond motifs is 1. The first-order valence-electron chi connectivity index (χ1n) is 11.9. The fourth-order valence-electron chi connectivity index (χ4n) is 5.04. The zero-order valence-corrected chi connectivity index (χ0v) is 19.5. The molecule has 4 rings (SSSR count). The maximum Gasteiger partial charge on any atom is 0.410 e. The summed E-state index contributed by atoms with van der Waals surface area (Å²) >= 11 is 0. The van der Waals surface area contributed by atoms with E-state index < -0.39 is 11.8 Å². The molecule has 0 spiro atoms. The number of carbonyl (C=O) groups is 2.